The Morgan fingerprint density at radius 1 is 1.12 bits per heavy atom. The lowest BCUT2D eigenvalue weighted by atomic mass is 10.2. The van der Waals surface area contributed by atoms with E-state index in [4.69, 9.17) is 0 Å². The Kier molecular flexibility index (Phi) is 3.96. The van der Waals surface area contributed by atoms with E-state index in [-0.39, 0.29) is 0 Å². The Bertz CT molecular complexity index is 958. The Morgan fingerprint density at radius 2 is 2.00 bits per heavy atom. The number of benzene rings is 1. The molecule has 3 heterocycles. The molecule has 5 nitrogen and oxygen atoms in total. The third kappa shape index (κ3) is 3.00. The van der Waals surface area contributed by atoms with Gasteiger partial charge in [-0.2, -0.15) is 5.10 Å². The van der Waals surface area contributed by atoms with Crippen molar-refractivity contribution in [3.8, 4) is 0 Å². The summed E-state index contributed by atoms with van der Waals surface area (Å²) in [6, 6.07) is 10.3. The number of nitrogens with one attached hydrogen (secondary N) is 1. The zero-order valence-corrected chi connectivity index (χ0v) is 14.1. The van der Waals surface area contributed by atoms with Gasteiger partial charge in [-0.05, 0) is 23.4 Å². The van der Waals surface area contributed by atoms with Crippen LogP contribution in [0.1, 0.15) is 16.7 Å². The average Bonchev–Trinajstić information content (AvgIpc) is 3.21. The van der Waals surface area contributed by atoms with Crippen molar-refractivity contribution in [3.63, 3.8) is 0 Å². The average molecular weight is 335 g/mol. The van der Waals surface area contributed by atoms with Crippen LogP contribution in [0.4, 0.5) is 5.82 Å². The summed E-state index contributed by atoms with van der Waals surface area (Å²) in [6.45, 7) is 3.55. The molecule has 4 rings (SSSR count). The molecule has 4 aromatic rings. The van der Waals surface area contributed by atoms with Crippen LogP contribution in [0.25, 0.3) is 10.2 Å². The van der Waals surface area contributed by atoms with Gasteiger partial charge in [0.15, 0.2) is 0 Å². The second-order valence-electron chi connectivity index (χ2n) is 5.70. The van der Waals surface area contributed by atoms with Crippen LogP contribution in [-0.4, -0.2) is 19.7 Å². The molecule has 0 fully saturated rings. The predicted molar refractivity (Wildman–Crippen MR) is 97.2 cm³/mol. The standard InChI is InChI=1S/C18H17N5S/c1-13-11-24-17-16(13)20-12-21-18(17)19-7-15-8-22-23(10-15)9-14-5-3-2-4-6-14/h2-6,8,10-12H,7,9H2,1H3,(H,19,20,21). The van der Waals surface area contributed by atoms with E-state index in [1.807, 2.05) is 29.1 Å². The van der Waals surface area contributed by atoms with Gasteiger partial charge in [0, 0.05) is 18.3 Å². The highest BCUT2D eigenvalue weighted by atomic mass is 32.1. The van der Waals surface area contributed by atoms with Crippen molar-refractivity contribution in [2.24, 2.45) is 0 Å². The molecule has 0 amide bonds. The number of hydrogen-bond donors (Lipinski definition) is 1. The monoisotopic (exact) mass is 335 g/mol. The molecule has 0 bridgehead atoms. The minimum Gasteiger partial charge on any atom is -0.365 e. The Hall–Kier alpha value is -2.73. The van der Waals surface area contributed by atoms with Crippen LogP contribution >= 0.6 is 11.3 Å². The topological polar surface area (TPSA) is 55.6 Å². The van der Waals surface area contributed by atoms with E-state index < -0.39 is 0 Å². The van der Waals surface area contributed by atoms with E-state index in [0.29, 0.717) is 6.54 Å². The van der Waals surface area contributed by atoms with Crippen molar-refractivity contribution in [1.29, 1.82) is 0 Å². The van der Waals surface area contributed by atoms with E-state index in [1.165, 1.54) is 11.1 Å². The molecule has 1 N–H and O–H groups in total. The predicted octanol–water partition coefficient (Wildman–Crippen LogP) is 3.86. The molecule has 0 aliphatic heterocycles. The first kappa shape index (κ1) is 14.8. The van der Waals surface area contributed by atoms with E-state index in [0.717, 1.165) is 28.1 Å². The van der Waals surface area contributed by atoms with E-state index in [9.17, 15) is 0 Å². The van der Waals surface area contributed by atoms with Crippen LogP contribution in [-0.2, 0) is 13.1 Å². The lowest BCUT2D eigenvalue weighted by Crippen LogP contribution is -2.02. The molecular weight excluding hydrogens is 318 g/mol. The lowest BCUT2D eigenvalue weighted by Gasteiger charge is -2.04. The van der Waals surface area contributed by atoms with Gasteiger partial charge in [-0.25, -0.2) is 9.97 Å². The van der Waals surface area contributed by atoms with Gasteiger partial charge in [0.05, 0.1) is 23.0 Å². The second-order valence-corrected chi connectivity index (χ2v) is 6.58. The summed E-state index contributed by atoms with van der Waals surface area (Å²) in [5, 5.41) is 9.95. The highest BCUT2D eigenvalue weighted by molar-refractivity contribution is 7.18. The van der Waals surface area contributed by atoms with Gasteiger partial charge < -0.3 is 5.32 Å². The van der Waals surface area contributed by atoms with Crippen molar-refractivity contribution in [2.75, 3.05) is 5.32 Å². The highest BCUT2D eigenvalue weighted by Crippen LogP contribution is 2.28. The van der Waals surface area contributed by atoms with Crippen LogP contribution in [0.15, 0.2) is 54.4 Å². The minimum absolute atomic E-state index is 0.692. The third-order valence-corrected chi connectivity index (χ3v) is 4.96. The van der Waals surface area contributed by atoms with E-state index >= 15 is 0 Å². The van der Waals surface area contributed by atoms with Gasteiger partial charge in [-0.1, -0.05) is 30.3 Å². The first-order valence-electron chi connectivity index (χ1n) is 7.77. The SMILES string of the molecule is Cc1csc2c(NCc3cnn(Cc4ccccc4)c3)ncnc12. The van der Waals surface area contributed by atoms with Crippen LogP contribution in [0.3, 0.4) is 0 Å². The number of aromatic nitrogens is 4. The van der Waals surface area contributed by atoms with Crippen molar-refractivity contribution in [3.05, 3.63) is 71.1 Å². The highest BCUT2D eigenvalue weighted by Gasteiger charge is 2.08. The molecule has 0 aliphatic carbocycles. The van der Waals surface area contributed by atoms with Crippen molar-refractivity contribution in [1.82, 2.24) is 19.7 Å². The number of thiophene rings is 1. The first-order chi connectivity index (χ1) is 11.8. The van der Waals surface area contributed by atoms with E-state index in [2.05, 4.69) is 51.0 Å². The van der Waals surface area contributed by atoms with Gasteiger partial charge in [0.25, 0.3) is 0 Å². The largest absolute Gasteiger partial charge is 0.365 e. The van der Waals surface area contributed by atoms with E-state index in [1.54, 1.807) is 17.7 Å². The van der Waals surface area contributed by atoms with Gasteiger partial charge >= 0.3 is 0 Å². The van der Waals surface area contributed by atoms with Gasteiger partial charge in [-0.15, -0.1) is 11.3 Å². The number of hydrogen-bond acceptors (Lipinski definition) is 5. The van der Waals surface area contributed by atoms with Crippen LogP contribution < -0.4 is 5.32 Å². The number of nitrogens with zero attached hydrogens (tertiary/aromatic N) is 4. The van der Waals surface area contributed by atoms with Gasteiger partial charge in [-0.3, -0.25) is 4.68 Å². The van der Waals surface area contributed by atoms with Crippen molar-refractivity contribution < 1.29 is 0 Å². The molecule has 0 aliphatic rings. The fourth-order valence-electron chi connectivity index (χ4n) is 2.64. The molecule has 120 valence electrons. The summed E-state index contributed by atoms with van der Waals surface area (Å²) in [4.78, 5) is 8.72. The zero-order chi connectivity index (χ0) is 16.4. The zero-order valence-electron chi connectivity index (χ0n) is 13.3. The number of aryl methyl sites for hydroxylation is 1. The second kappa shape index (κ2) is 6.41. The molecule has 24 heavy (non-hydrogen) atoms. The van der Waals surface area contributed by atoms with Crippen molar-refractivity contribution >= 4 is 27.4 Å². The van der Waals surface area contributed by atoms with Crippen LogP contribution in [0.2, 0.25) is 0 Å². The molecule has 3 aromatic heterocycles. The van der Waals surface area contributed by atoms with Crippen LogP contribution in [0, 0.1) is 6.92 Å². The molecule has 0 atom stereocenters. The summed E-state index contributed by atoms with van der Waals surface area (Å²) < 4.78 is 3.06. The fraction of sp³-hybridized carbons (Fsp3) is 0.167. The molecule has 0 radical (unpaired) electrons. The maximum absolute atomic E-state index is 4.44. The molecule has 1 aromatic carbocycles. The molecule has 0 spiro atoms. The normalized spacial score (nSPS) is 11.0. The molecule has 0 saturated heterocycles. The third-order valence-electron chi connectivity index (χ3n) is 3.86. The lowest BCUT2D eigenvalue weighted by molar-refractivity contribution is 0.686. The Balaban J connectivity index is 1.46. The van der Waals surface area contributed by atoms with Crippen LogP contribution in [0.5, 0.6) is 0 Å². The van der Waals surface area contributed by atoms with Gasteiger partial charge in [0.2, 0.25) is 0 Å². The van der Waals surface area contributed by atoms with Gasteiger partial charge in [0.1, 0.15) is 12.1 Å². The minimum atomic E-state index is 0.692. The molecule has 6 heteroatoms. The molecular formula is C18H17N5S. The number of anilines is 1. The maximum Gasteiger partial charge on any atom is 0.147 e. The number of rotatable bonds is 5. The smallest absolute Gasteiger partial charge is 0.147 e. The fourth-order valence-corrected chi connectivity index (χ4v) is 3.60. The summed E-state index contributed by atoms with van der Waals surface area (Å²) in [6.07, 6.45) is 5.58. The first-order valence-corrected chi connectivity index (χ1v) is 8.65. The quantitative estimate of drug-likeness (QED) is 0.602. The summed E-state index contributed by atoms with van der Waals surface area (Å²) in [7, 11) is 0. The Morgan fingerprint density at radius 3 is 2.88 bits per heavy atom. The van der Waals surface area contributed by atoms with Crippen molar-refractivity contribution in [2.45, 2.75) is 20.0 Å². The summed E-state index contributed by atoms with van der Waals surface area (Å²) in [5.74, 6) is 0.883. The molecule has 0 unspecified atom stereocenters. The maximum atomic E-state index is 4.44. The summed E-state index contributed by atoms with van der Waals surface area (Å²) >= 11 is 1.67. The summed E-state index contributed by atoms with van der Waals surface area (Å²) in [5.41, 5.74) is 4.59. The molecule has 0 saturated carbocycles. The number of fused-ring (bicyclic) bond motifs is 1. The Labute approximate surface area is 144 Å².